The van der Waals surface area contributed by atoms with Gasteiger partial charge in [0.1, 0.15) is 17.9 Å². The molecule has 0 spiro atoms. The average Bonchev–Trinajstić information content (AvgIpc) is 3.21. The molecule has 0 unspecified atom stereocenters. The molecule has 4 aromatic heterocycles. The van der Waals surface area contributed by atoms with E-state index >= 15 is 0 Å². The topological polar surface area (TPSA) is 99.4 Å². The van der Waals surface area contributed by atoms with E-state index < -0.39 is 0 Å². The number of nitrogens with zero attached hydrogens (tertiary/aromatic N) is 4. The number of anilines is 1. The number of nitriles is 1. The Morgan fingerprint density at radius 3 is 2.96 bits per heavy atom. The van der Waals surface area contributed by atoms with E-state index in [1.807, 2.05) is 47.4 Å². The highest BCUT2D eigenvalue weighted by atomic mass is 16.1. The van der Waals surface area contributed by atoms with E-state index in [1.54, 1.807) is 12.3 Å². The molecule has 116 valence electrons. The van der Waals surface area contributed by atoms with Crippen molar-refractivity contribution in [3.8, 4) is 11.9 Å². The number of hydrogen-bond acceptors (Lipinski definition) is 4. The predicted octanol–water partition coefficient (Wildman–Crippen LogP) is 2.75. The number of amides is 1. The van der Waals surface area contributed by atoms with Gasteiger partial charge < -0.3 is 14.9 Å². The smallest absolute Gasteiger partial charge is 0.238 e. The molecule has 0 aromatic carbocycles. The summed E-state index contributed by atoms with van der Waals surface area (Å²) in [6, 6.07) is 9.36. The van der Waals surface area contributed by atoms with Crippen molar-refractivity contribution in [1.82, 2.24) is 19.5 Å². The molecule has 0 aliphatic heterocycles. The van der Waals surface area contributed by atoms with Crippen LogP contribution in [-0.2, 0) is 4.79 Å². The van der Waals surface area contributed by atoms with Crippen molar-refractivity contribution in [1.29, 1.82) is 5.26 Å². The lowest BCUT2D eigenvalue weighted by Crippen LogP contribution is -2.10. The van der Waals surface area contributed by atoms with E-state index in [4.69, 9.17) is 5.26 Å². The summed E-state index contributed by atoms with van der Waals surface area (Å²) < 4.78 is 1.98. The van der Waals surface area contributed by atoms with E-state index in [0.717, 1.165) is 27.8 Å². The third-order valence-electron chi connectivity index (χ3n) is 3.75. The van der Waals surface area contributed by atoms with Gasteiger partial charge >= 0.3 is 0 Å². The summed E-state index contributed by atoms with van der Waals surface area (Å²) in [4.78, 5) is 23.3. The van der Waals surface area contributed by atoms with Crippen molar-refractivity contribution in [3.63, 3.8) is 0 Å². The SMILES string of the molecule is N#CCC(=O)Nc1ccc(-n2ccc3cnc4[nH]ccc4c32)nc1. The molecule has 0 saturated carbocycles. The minimum absolute atomic E-state index is 0.178. The number of pyridine rings is 2. The van der Waals surface area contributed by atoms with Crippen LogP contribution >= 0.6 is 0 Å². The molecule has 4 heterocycles. The van der Waals surface area contributed by atoms with E-state index in [0.29, 0.717) is 5.69 Å². The summed E-state index contributed by atoms with van der Waals surface area (Å²) in [5, 5.41) is 13.2. The van der Waals surface area contributed by atoms with Crippen molar-refractivity contribution in [3.05, 3.63) is 49.1 Å². The summed E-state index contributed by atoms with van der Waals surface area (Å²) in [7, 11) is 0. The molecule has 7 nitrogen and oxygen atoms in total. The normalized spacial score (nSPS) is 10.8. The molecule has 4 aromatic rings. The minimum atomic E-state index is -0.349. The largest absolute Gasteiger partial charge is 0.346 e. The fourth-order valence-corrected chi connectivity index (χ4v) is 2.70. The number of rotatable bonds is 3. The Morgan fingerprint density at radius 1 is 1.25 bits per heavy atom. The van der Waals surface area contributed by atoms with Gasteiger partial charge in [-0.3, -0.25) is 4.79 Å². The Balaban J connectivity index is 1.74. The molecule has 0 atom stereocenters. The van der Waals surface area contributed by atoms with Crippen LogP contribution in [-0.4, -0.2) is 25.4 Å². The number of nitrogens with one attached hydrogen (secondary N) is 2. The summed E-state index contributed by atoms with van der Waals surface area (Å²) in [6.07, 6.45) is 7.01. The third-order valence-corrected chi connectivity index (χ3v) is 3.75. The second-order valence-electron chi connectivity index (χ2n) is 5.28. The van der Waals surface area contributed by atoms with Gasteiger partial charge in [-0.15, -0.1) is 0 Å². The summed E-state index contributed by atoms with van der Waals surface area (Å²) >= 11 is 0. The highest BCUT2D eigenvalue weighted by molar-refractivity contribution is 6.03. The number of hydrogen-bond donors (Lipinski definition) is 2. The molecule has 24 heavy (non-hydrogen) atoms. The van der Waals surface area contributed by atoms with Crippen LogP contribution in [0, 0.1) is 11.3 Å². The van der Waals surface area contributed by atoms with Gasteiger partial charge in [-0.25, -0.2) is 9.97 Å². The standard InChI is InChI=1S/C17H12N6O/c18-6-3-15(24)22-12-1-2-14(20-10-12)23-8-5-11-9-21-17-13(16(11)23)4-7-19-17/h1-2,4-5,7-10H,3H2,(H,19,21)(H,22,24). The number of carbonyl (C=O) groups is 1. The zero-order valence-electron chi connectivity index (χ0n) is 12.5. The second-order valence-corrected chi connectivity index (χ2v) is 5.28. The molecular weight excluding hydrogens is 304 g/mol. The maximum absolute atomic E-state index is 11.4. The van der Waals surface area contributed by atoms with Gasteiger partial charge in [0, 0.05) is 29.4 Å². The van der Waals surface area contributed by atoms with Crippen LogP contribution in [0.1, 0.15) is 6.42 Å². The fraction of sp³-hybridized carbons (Fsp3) is 0.0588. The zero-order valence-corrected chi connectivity index (χ0v) is 12.5. The number of H-pyrrole nitrogens is 1. The Labute approximate surface area is 136 Å². The Bertz CT molecular complexity index is 1080. The number of carbonyl (C=O) groups excluding carboxylic acids is 1. The van der Waals surface area contributed by atoms with Crippen LogP contribution in [0.3, 0.4) is 0 Å². The van der Waals surface area contributed by atoms with Crippen LogP contribution in [0.4, 0.5) is 5.69 Å². The summed E-state index contributed by atoms with van der Waals surface area (Å²) in [5.74, 6) is 0.385. The molecule has 0 aliphatic rings. The maximum atomic E-state index is 11.4. The van der Waals surface area contributed by atoms with Gasteiger partial charge in [-0.1, -0.05) is 0 Å². The first-order chi connectivity index (χ1) is 11.8. The van der Waals surface area contributed by atoms with Gasteiger partial charge in [0.2, 0.25) is 5.91 Å². The molecule has 4 rings (SSSR count). The van der Waals surface area contributed by atoms with Crippen LogP contribution in [0.15, 0.2) is 49.1 Å². The second kappa shape index (κ2) is 5.52. The van der Waals surface area contributed by atoms with E-state index in [-0.39, 0.29) is 12.3 Å². The Morgan fingerprint density at radius 2 is 2.17 bits per heavy atom. The highest BCUT2D eigenvalue weighted by Crippen LogP contribution is 2.26. The minimum Gasteiger partial charge on any atom is -0.346 e. The van der Waals surface area contributed by atoms with Gasteiger partial charge in [0.05, 0.1) is 23.5 Å². The molecule has 2 N–H and O–H groups in total. The van der Waals surface area contributed by atoms with E-state index in [2.05, 4.69) is 20.3 Å². The maximum Gasteiger partial charge on any atom is 0.238 e. The van der Waals surface area contributed by atoms with Gasteiger partial charge in [0.15, 0.2) is 0 Å². The fourth-order valence-electron chi connectivity index (χ4n) is 2.70. The van der Waals surface area contributed by atoms with Gasteiger partial charge in [0.25, 0.3) is 0 Å². The van der Waals surface area contributed by atoms with E-state index in [9.17, 15) is 4.79 Å². The Hall–Kier alpha value is -3.66. The lowest BCUT2D eigenvalue weighted by molar-refractivity contribution is -0.115. The first kappa shape index (κ1) is 14.0. The van der Waals surface area contributed by atoms with Crippen LogP contribution in [0.2, 0.25) is 0 Å². The quantitative estimate of drug-likeness (QED) is 0.607. The predicted molar refractivity (Wildman–Crippen MR) is 89.6 cm³/mol. The van der Waals surface area contributed by atoms with Crippen molar-refractivity contribution in [2.45, 2.75) is 6.42 Å². The van der Waals surface area contributed by atoms with Crippen molar-refractivity contribution in [2.24, 2.45) is 0 Å². The number of aromatic nitrogens is 4. The number of fused-ring (bicyclic) bond motifs is 3. The van der Waals surface area contributed by atoms with Crippen LogP contribution in [0.5, 0.6) is 0 Å². The van der Waals surface area contributed by atoms with Crippen LogP contribution in [0.25, 0.3) is 27.8 Å². The molecule has 7 heteroatoms. The summed E-state index contributed by atoms with van der Waals surface area (Å²) in [6.45, 7) is 0. The zero-order chi connectivity index (χ0) is 16.5. The van der Waals surface area contributed by atoms with E-state index in [1.165, 1.54) is 0 Å². The van der Waals surface area contributed by atoms with Crippen molar-refractivity contribution in [2.75, 3.05) is 5.32 Å². The monoisotopic (exact) mass is 316 g/mol. The third kappa shape index (κ3) is 2.27. The molecule has 0 bridgehead atoms. The molecule has 1 amide bonds. The average molecular weight is 316 g/mol. The van der Waals surface area contributed by atoms with Gasteiger partial charge in [-0.2, -0.15) is 5.26 Å². The lowest BCUT2D eigenvalue weighted by Gasteiger charge is -2.07. The molecular formula is C17H12N6O. The molecule has 0 aliphatic carbocycles. The lowest BCUT2D eigenvalue weighted by atomic mass is 10.2. The first-order valence-electron chi connectivity index (χ1n) is 7.32. The first-order valence-corrected chi connectivity index (χ1v) is 7.32. The molecule has 0 radical (unpaired) electrons. The molecule has 0 saturated heterocycles. The molecule has 0 fully saturated rings. The summed E-state index contributed by atoms with van der Waals surface area (Å²) in [5.41, 5.74) is 2.40. The number of aromatic amines is 1. The van der Waals surface area contributed by atoms with Crippen molar-refractivity contribution >= 4 is 33.5 Å². The highest BCUT2D eigenvalue weighted by Gasteiger charge is 2.10. The van der Waals surface area contributed by atoms with Gasteiger partial charge in [-0.05, 0) is 24.3 Å². The Kier molecular flexibility index (Phi) is 3.21. The van der Waals surface area contributed by atoms with Crippen molar-refractivity contribution < 1.29 is 4.79 Å². The van der Waals surface area contributed by atoms with Crippen LogP contribution < -0.4 is 5.32 Å².